The average molecular weight is 273 g/mol. The molecule has 0 spiro atoms. The molecule has 19 heavy (non-hydrogen) atoms. The zero-order valence-electron chi connectivity index (χ0n) is 10.8. The van der Waals surface area contributed by atoms with Crippen molar-refractivity contribution in [3.05, 3.63) is 34.9 Å². The first-order valence-corrected chi connectivity index (χ1v) is 5.89. The average Bonchev–Trinajstić information content (AvgIpc) is 2.35. The predicted octanol–water partition coefficient (Wildman–Crippen LogP) is 1.19. The molecule has 0 radical (unpaired) electrons. The minimum Gasteiger partial charge on any atom is -0.390 e. The molecule has 0 aliphatic heterocycles. The number of halogens is 2. The van der Waals surface area contributed by atoms with Crippen molar-refractivity contribution in [3.8, 4) is 0 Å². The number of hydrogen-bond acceptors (Lipinski definition) is 3. The van der Waals surface area contributed by atoms with Crippen molar-refractivity contribution in [2.24, 2.45) is 0 Å². The number of nitrogens with one attached hydrogen (secondary N) is 1. The van der Waals surface area contributed by atoms with Gasteiger partial charge < -0.3 is 15.5 Å². The van der Waals surface area contributed by atoms with E-state index in [1.165, 1.54) is 19.9 Å². The Morgan fingerprint density at radius 2 is 2.00 bits per heavy atom. The molecule has 0 heterocycles. The van der Waals surface area contributed by atoms with Gasteiger partial charge in [0.15, 0.2) is 11.6 Å². The molecule has 2 unspecified atom stereocenters. The predicted molar refractivity (Wildman–Crippen MR) is 65.4 cm³/mol. The van der Waals surface area contributed by atoms with Gasteiger partial charge in [0.1, 0.15) is 6.10 Å². The fraction of sp³-hybridized carbons (Fsp3) is 0.462. The van der Waals surface area contributed by atoms with E-state index in [9.17, 15) is 23.8 Å². The van der Waals surface area contributed by atoms with Crippen LogP contribution in [-0.4, -0.2) is 28.8 Å². The van der Waals surface area contributed by atoms with Crippen LogP contribution in [0.5, 0.6) is 0 Å². The molecule has 0 saturated carbocycles. The topological polar surface area (TPSA) is 69.6 Å². The highest BCUT2D eigenvalue weighted by molar-refractivity contribution is 5.72. The van der Waals surface area contributed by atoms with E-state index in [0.717, 1.165) is 6.07 Å². The van der Waals surface area contributed by atoms with Gasteiger partial charge >= 0.3 is 0 Å². The van der Waals surface area contributed by atoms with Crippen LogP contribution in [0.3, 0.4) is 0 Å². The molecule has 2 atom stereocenters. The molecule has 1 aromatic rings. The lowest BCUT2D eigenvalue weighted by Gasteiger charge is -2.20. The molecule has 0 aliphatic carbocycles. The van der Waals surface area contributed by atoms with Gasteiger partial charge in [0.25, 0.3) is 0 Å². The Morgan fingerprint density at radius 1 is 1.37 bits per heavy atom. The van der Waals surface area contributed by atoms with Crippen LogP contribution in [0, 0.1) is 18.6 Å². The van der Waals surface area contributed by atoms with Gasteiger partial charge in [0.05, 0.1) is 6.10 Å². The van der Waals surface area contributed by atoms with Crippen molar-refractivity contribution in [1.29, 1.82) is 0 Å². The molecule has 0 bridgehead atoms. The molecule has 0 aromatic heterocycles. The summed E-state index contributed by atoms with van der Waals surface area (Å²) in [7, 11) is 0. The molecule has 0 saturated heterocycles. The Labute approximate surface area is 110 Å². The van der Waals surface area contributed by atoms with Gasteiger partial charge in [-0.1, -0.05) is 6.07 Å². The molecule has 1 amide bonds. The SMILES string of the molecule is CC(=O)NCCC(O)C(O)c1ccc(F)c(F)c1C. The second kappa shape index (κ2) is 6.58. The molecule has 6 heteroatoms. The van der Waals surface area contributed by atoms with Crippen LogP contribution in [0.15, 0.2) is 12.1 Å². The van der Waals surface area contributed by atoms with Crippen molar-refractivity contribution in [2.45, 2.75) is 32.5 Å². The van der Waals surface area contributed by atoms with Gasteiger partial charge in [-0.25, -0.2) is 8.78 Å². The smallest absolute Gasteiger partial charge is 0.216 e. The summed E-state index contributed by atoms with van der Waals surface area (Å²) >= 11 is 0. The van der Waals surface area contributed by atoms with Crippen LogP contribution in [-0.2, 0) is 4.79 Å². The minimum absolute atomic E-state index is 0.0360. The third-order valence-electron chi connectivity index (χ3n) is 2.88. The number of carbonyl (C=O) groups excluding carboxylic acids is 1. The molecule has 1 rings (SSSR count). The molecule has 1 aromatic carbocycles. The number of rotatable bonds is 5. The second-order valence-corrected chi connectivity index (χ2v) is 4.36. The van der Waals surface area contributed by atoms with Crippen LogP contribution in [0.2, 0.25) is 0 Å². The van der Waals surface area contributed by atoms with Gasteiger partial charge in [-0.05, 0) is 30.5 Å². The van der Waals surface area contributed by atoms with Gasteiger partial charge in [0, 0.05) is 13.5 Å². The quantitative estimate of drug-likeness (QED) is 0.755. The van der Waals surface area contributed by atoms with Crippen molar-refractivity contribution in [2.75, 3.05) is 6.54 Å². The summed E-state index contributed by atoms with van der Waals surface area (Å²) in [5, 5.41) is 22.1. The largest absolute Gasteiger partial charge is 0.390 e. The first-order valence-electron chi connectivity index (χ1n) is 5.89. The molecular weight excluding hydrogens is 256 g/mol. The normalized spacial score (nSPS) is 14.0. The zero-order valence-corrected chi connectivity index (χ0v) is 10.8. The number of aliphatic hydroxyl groups excluding tert-OH is 2. The molecule has 0 aliphatic rings. The summed E-state index contributed by atoms with van der Waals surface area (Å²) in [5.41, 5.74) is 0.0975. The van der Waals surface area contributed by atoms with Crippen molar-refractivity contribution in [3.63, 3.8) is 0 Å². The fourth-order valence-corrected chi connectivity index (χ4v) is 1.75. The first-order chi connectivity index (χ1) is 8.84. The molecule has 3 N–H and O–H groups in total. The second-order valence-electron chi connectivity index (χ2n) is 4.36. The van der Waals surface area contributed by atoms with E-state index in [2.05, 4.69) is 5.32 Å². The summed E-state index contributed by atoms with van der Waals surface area (Å²) in [6, 6.07) is 2.14. The molecule has 4 nitrogen and oxygen atoms in total. The maximum Gasteiger partial charge on any atom is 0.216 e. The van der Waals surface area contributed by atoms with Gasteiger partial charge in [-0.3, -0.25) is 4.79 Å². The lowest BCUT2D eigenvalue weighted by atomic mass is 9.97. The van der Waals surface area contributed by atoms with Crippen LogP contribution in [0.25, 0.3) is 0 Å². The number of aliphatic hydroxyl groups is 2. The highest BCUT2D eigenvalue weighted by Crippen LogP contribution is 2.25. The highest BCUT2D eigenvalue weighted by Gasteiger charge is 2.22. The van der Waals surface area contributed by atoms with Crippen molar-refractivity contribution < 1.29 is 23.8 Å². The van der Waals surface area contributed by atoms with Crippen LogP contribution >= 0.6 is 0 Å². The molecule has 0 fully saturated rings. The fourth-order valence-electron chi connectivity index (χ4n) is 1.75. The van der Waals surface area contributed by atoms with Gasteiger partial charge in [0.2, 0.25) is 5.91 Å². The number of amides is 1. The van der Waals surface area contributed by atoms with E-state index < -0.39 is 23.8 Å². The standard InChI is InChI=1S/C13H17F2NO3/c1-7-9(3-4-10(14)12(7)15)13(19)11(18)5-6-16-8(2)17/h3-4,11,13,18-19H,5-6H2,1-2H3,(H,16,17). The van der Waals surface area contributed by atoms with Gasteiger partial charge in [-0.2, -0.15) is 0 Å². The maximum atomic E-state index is 13.3. The number of benzene rings is 1. The lowest BCUT2D eigenvalue weighted by Crippen LogP contribution is -2.28. The van der Waals surface area contributed by atoms with E-state index in [0.29, 0.717) is 0 Å². The summed E-state index contributed by atoms with van der Waals surface area (Å²) in [5.74, 6) is -2.28. The van der Waals surface area contributed by atoms with E-state index in [1.807, 2.05) is 0 Å². The van der Waals surface area contributed by atoms with Crippen LogP contribution < -0.4 is 5.32 Å². The minimum atomic E-state index is -1.33. The van der Waals surface area contributed by atoms with Crippen LogP contribution in [0.1, 0.15) is 30.6 Å². The van der Waals surface area contributed by atoms with Crippen molar-refractivity contribution >= 4 is 5.91 Å². The molecule has 106 valence electrons. The molecular formula is C13H17F2NO3. The number of carbonyl (C=O) groups is 1. The van der Waals surface area contributed by atoms with Crippen LogP contribution in [0.4, 0.5) is 8.78 Å². The number of hydrogen-bond donors (Lipinski definition) is 3. The Balaban J connectivity index is 2.74. The van der Waals surface area contributed by atoms with E-state index in [4.69, 9.17) is 0 Å². The van der Waals surface area contributed by atoms with Gasteiger partial charge in [-0.15, -0.1) is 0 Å². The van der Waals surface area contributed by atoms with E-state index in [1.54, 1.807) is 0 Å². The lowest BCUT2D eigenvalue weighted by molar-refractivity contribution is -0.119. The Morgan fingerprint density at radius 3 is 2.58 bits per heavy atom. The van der Waals surface area contributed by atoms with Crippen molar-refractivity contribution in [1.82, 2.24) is 5.32 Å². The highest BCUT2D eigenvalue weighted by atomic mass is 19.2. The Bertz CT molecular complexity index is 465. The summed E-state index contributed by atoms with van der Waals surface area (Å²) in [6.07, 6.45) is -2.39. The monoisotopic (exact) mass is 273 g/mol. The summed E-state index contributed by atoms with van der Waals surface area (Å²) < 4.78 is 26.3. The first kappa shape index (κ1) is 15.5. The van der Waals surface area contributed by atoms with E-state index in [-0.39, 0.29) is 30.0 Å². The summed E-state index contributed by atoms with van der Waals surface area (Å²) in [6.45, 7) is 2.86. The Hall–Kier alpha value is -1.53. The third kappa shape index (κ3) is 3.97. The van der Waals surface area contributed by atoms with E-state index >= 15 is 0 Å². The zero-order chi connectivity index (χ0) is 14.6. The maximum absolute atomic E-state index is 13.3. The third-order valence-corrected chi connectivity index (χ3v) is 2.88. The Kier molecular flexibility index (Phi) is 5.38. The summed E-state index contributed by atoms with van der Waals surface area (Å²) in [4.78, 5) is 10.7.